The Labute approximate surface area is 82.8 Å². The minimum atomic E-state index is 0.437. The van der Waals surface area contributed by atoms with Crippen molar-refractivity contribution in [3.8, 4) is 0 Å². The Morgan fingerprint density at radius 1 is 1.08 bits per heavy atom. The van der Waals surface area contributed by atoms with Crippen molar-refractivity contribution in [1.82, 2.24) is 0 Å². The number of unbranched alkanes of at least 4 members (excludes halogenated alkanes) is 3. The maximum absolute atomic E-state index is 5.90. The Bertz CT molecular complexity index is 96.1. The van der Waals surface area contributed by atoms with Gasteiger partial charge in [-0.05, 0) is 19.3 Å². The Hall–Kier alpha value is -0.0800. The summed E-state index contributed by atoms with van der Waals surface area (Å²) in [6, 6.07) is 0.437. The highest BCUT2D eigenvalue weighted by Crippen LogP contribution is 2.07. The molecule has 0 fully saturated rings. The van der Waals surface area contributed by atoms with E-state index in [1.807, 2.05) is 0 Å². The summed E-state index contributed by atoms with van der Waals surface area (Å²) >= 11 is 0. The zero-order valence-corrected chi connectivity index (χ0v) is 9.22. The SMILES string of the molecule is CCCC(N)CCCCCCOC. The van der Waals surface area contributed by atoms with Crippen molar-refractivity contribution in [1.29, 1.82) is 0 Å². The zero-order chi connectivity index (χ0) is 9.94. The van der Waals surface area contributed by atoms with Gasteiger partial charge in [0, 0.05) is 19.8 Å². The van der Waals surface area contributed by atoms with Crippen LogP contribution in [0.3, 0.4) is 0 Å². The third kappa shape index (κ3) is 9.84. The molecule has 0 aromatic heterocycles. The lowest BCUT2D eigenvalue weighted by Gasteiger charge is -2.09. The second-order valence-corrected chi connectivity index (χ2v) is 3.74. The van der Waals surface area contributed by atoms with Gasteiger partial charge < -0.3 is 10.5 Å². The maximum atomic E-state index is 5.90. The molecule has 0 aliphatic carbocycles. The van der Waals surface area contributed by atoms with Gasteiger partial charge >= 0.3 is 0 Å². The van der Waals surface area contributed by atoms with Crippen LogP contribution in [0.25, 0.3) is 0 Å². The van der Waals surface area contributed by atoms with E-state index in [9.17, 15) is 0 Å². The average Bonchev–Trinajstić information content (AvgIpc) is 2.11. The van der Waals surface area contributed by atoms with E-state index < -0.39 is 0 Å². The molecule has 0 spiro atoms. The predicted molar refractivity (Wildman–Crippen MR) is 57.8 cm³/mol. The molecule has 2 N–H and O–H groups in total. The lowest BCUT2D eigenvalue weighted by molar-refractivity contribution is 0.192. The molecule has 80 valence electrons. The van der Waals surface area contributed by atoms with E-state index in [0.717, 1.165) is 6.61 Å². The average molecular weight is 187 g/mol. The van der Waals surface area contributed by atoms with Crippen LogP contribution in [0.5, 0.6) is 0 Å². The fourth-order valence-corrected chi connectivity index (χ4v) is 1.52. The van der Waals surface area contributed by atoms with Crippen LogP contribution in [-0.2, 0) is 4.74 Å². The summed E-state index contributed by atoms with van der Waals surface area (Å²) in [6.07, 6.45) is 8.65. The Morgan fingerprint density at radius 3 is 2.38 bits per heavy atom. The highest BCUT2D eigenvalue weighted by molar-refractivity contribution is 4.59. The summed E-state index contributed by atoms with van der Waals surface area (Å²) in [5.74, 6) is 0. The van der Waals surface area contributed by atoms with Gasteiger partial charge in [-0.15, -0.1) is 0 Å². The van der Waals surface area contributed by atoms with E-state index in [1.165, 1.54) is 44.9 Å². The second kappa shape index (κ2) is 10.0. The van der Waals surface area contributed by atoms with Crippen molar-refractivity contribution in [2.75, 3.05) is 13.7 Å². The standard InChI is InChI=1S/C11H25NO/c1-3-8-11(12)9-6-4-5-7-10-13-2/h11H,3-10,12H2,1-2H3. The molecule has 0 saturated heterocycles. The van der Waals surface area contributed by atoms with Gasteiger partial charge in [-0.3, -0.25) is 0 Å². The van der Waals surface area contributed by atoms with Gasteiger partial charge in [0.2, 0.25) is 0 Å². The van der Waals surface area contributed by atoms with Gasteiger partial charge in [0.25, 0.3) is 0 Å². The Morgan fingerprint density at radius 2 is 1.77 bits per heavy atom. The van der Waals surface area contributed by atoms with E-state index in [2.05, 4.69) is 6.92 Å². The van der Waals surface area contributed by atoms with Crippen molar-refractivity contribution in [3.63, 3.8) is 0 Å². The van der Waals surface area contributed by atoms with Gasteiger partial charge in [0.05, 0.1) is 0 Å². The largest absolute Gasteiger partial charge is 0.385 e. The summed E-state index contributed by atoms with van der Waals surface area (Å²) in [6.45, 7) is 3.10. The molecule has 0 bridgehead atoms. The van der Waals surface area contributed by atoms with Gasteiger partial charge in [-0.2, -0.15) is 0 Å². The lowest BCUT2D eigenvalue weighted by atomic mass is 10.0. The molecule has 13 heavy (non-hydrogen) atoms. The number of rotatable bonds is 9. The fraction of sp³-hybridized carbons (Fsp3) is 1.00. The van der Waals surface area contributed by atoms with Crippen LogP contribution in [0.1, 0.15) is 51.9 Å². The smallest absolute Gasteiger partial charge is 0.0462 e. The number of hydrogen-bond acceptors (Lipinski definition) is 2. The molecule has 0 aliphatic rings. The molecule has 2 heteroatoms. The molecule has 0 heterocycles. The van der Waals surface area contributed by atoms with Crippen molar-refractivity contribution < 1.29 is 4.74 Å². The second-order valence-electron chi connectivity index (χ2n) is 3.74. The van der Waals surface area contributed by atoms with Crippen LogP contribution in [0.2, 0.25) is 0 Å². The molecule has 0 rings (SSSR count). The Kier molecular flexibility index (Phi) is 9.94. The van der Waals surface area contributed by atoms with Crippen molar-refractivity contribution in [2.24, 2.45) is 5.73 Å². The van der Waals surface area contributed by atoms with Crippen molar-refractivity contribution >= 4 is 0 Å². The molecule has 0 aliphatic heterocycles. The van der Waals surface area contributed by atoms with Crippen LogP contribution in [0.15, 0.2) is 0 Å². The third-order valence-corrected chi connectivity index (χ3v) is 2.33. The first-order valence-corrected chi connectivity index (χ1v) is 5.55. The number of nitrogens with two attached hydrogens (primary N) is 1. The van der Waals surface area contributed by atoms with Crippen LogP contribution in [0, 0.1) is 0 Å². The van der Waals surface area contributed by atoms with E-state index in [4.69, 9.17) is 10.5 Å². The minimum absolute atomic E-state index is 0.437. The molecule has 2 nitrogen and oxygen atoms in total. The molecule has 1 unspecified atom stereocenters. The molecular weight excluding hydrogens is 162 g/mol. The van der Waals surface area contributed by atoms with Gasteiger partial charge in [-0.1, -0.05) is 32.6 Å². The number of ether oxygens (including phenoxy) is 1. The third-order valence-electron chi connectivity index (χ3n) is 2.33. The highest BCUT2D eigenvalue weighted by atomic mass is 16.5. The summed E-state index contributed by atoms with van der Waals surface area (Å²) < 4.78 is 4.98. The topological polar surface area (TPSA) is 35.2 Å². The first-order chi connectivity index (χ1) is 6.31. The van der Waals surface area contributed by atoms with Crippen LogP contribution >= 0.6 is 0 Å². The molecule has 0 saturated carbocycles. The molecule has 0 aromatic rings. The normalized spacial score (nSPS) is 13.2. The molecule has 0 radical (unpaired) electrons. The maximum Gasteiger partial charge on any atom is 0.0462 e. The zero-order valence-electron chi connectivity index (χ0n) is 9.22. The molecular formula is C11H25NO. The monoisotopic (exact) mass is 187 g/mol. The number of hydrogen-bond donors (Lipinski definition) is 1. The molecule has 0 amide bonds. The van der Waals surface area contributed by atoms with Gasteiger partial charge in [-0.25, -0.2) is 0 Å². The van der Waals surface area contributed by atoms with E-state index in [1.54, 1.807) is 7.11 Å². The van der Waals surface area contributed by atoms with Crippen LogP contribution in [-0.4, -0.2) is 19.8 Å². The quantitative estimate of drug-likeness (QED) is 0.563. The van der Waals surface area contributed by atoms with E-state index in [-0.39, 0.29) is 0 Å². The van der Waals surface area contributed by atoms with Gasteiger partial charge in [0.1, 0.15) is 0 Å². The highest BCUT2D eigenvalue weighted by Gasteiger charge is 1.99. The minimum Gasteiger partial charge on any atom is -0.385 e. The summed E-state index contributed by atoms with van der Waals surface area (Å²) in [5, 5.41) is 0. The van der Waals surface area contributed by atoms with Gasteiger partial charge in [0.15, 0.2) is 0 Å². The summed E-state index contributed by atoms with van der Waals surface area (Å²) in [5.41, 5.74) is 5.90. The van der Waals surface area contributed by atoms with Crippen LogP contribution < -0.4 is 5.73 Å². The summed E-state index contributed by atoms with van der Waals surface area (Å²) in [4.78, 5) is 0. The van der Waals surface area contributed by atoms with Crippen molar-refractivity contribution in [2.45, 2.75) is 57.9 Å². The van der Waals surface area contributed by atoms with E-state index in [0.29, 0.717) is 6.04 Å². The molecule has 0 aromatic carbocycles. The first-order valence-electron chi connectivity index (χ1n) is 5.55. The Balaban J connectivity index is 2.97. The lowest BCUT2D eigenvalue weighted by Crippen LogP contribution is -2.18. The van der Waals surface area contributed by atoms with Crippen molar-refractivity contribution in [3.05, 3.63) is 0 Å². The first kappa shape index (κ1) is 12.9. The molecule has 1 atom stereocenters. The predicted octanol–water partition coefficient (Wildman–Crippen LogP) is 2.71. The number of methoxy groups -OCH3 is 1. The van der Waals surface area contributed by atoms with Crippen LogP contribution in [0.4, 0.5) is 0 Å². The van der Waals surface area contributed by atoms with E-state index >= 15 is 0 Å². The fourth-order valence-electron chi connectivity index (χ4n) is 1.52. The summed E-state index contributed by atoms with van der Waals surface area (Å²) in [7, 11) is 1.76.